The highest BCUT2D eigenvalue weighted by Gasteiger charge is 2.36. The minimum atomic E-state index is 0.239. The number of allylic oxidation sites excluding steroid dienone is 1. The molecule has 0 fully saturated rings. The second-order valence-electron chi connectivity index (χ2n) is 10.2. The zero-order valence-electron chi connectivity index (χ0n) is 18.4. The van der Waals surface area contributed by atoms with Crippen LogP contribution in [-0.2, 0) is 17.3 Å². The number of fused-ring (bicyclic) bond motifs is 2. The highest BCUT2D eigenvalue weighted by atomic mass is 15.5. The molecule has 1 N–H and O–H groups in total. The summed E-state index contributed by atoms with van der Waals surface area (Å²) in [6.07, 6.45) is 8.31. The molecule has 0 saturated carbocycles. The van der Waals surface area contributed by atoms with Crippen LogP contribution in [0.3, 0.4) is 0 Å². The van der Waals surface area contributed by atoms with Crippen molar-refractivity contribution in [1.29, 1.82) is 0 Å². The summed E-state index contributed by atoms with van der Waals surface area (Å²) in [5, 5.41) is 14.5. The molecular formula is C26H30N4. The summed E-state index contributed by atoms with van der Waals surface area (Å²) in [5.74, 6) is 0.661. The molecule has 0 atom stereocenters. The molecule has 30 heavy (non-hydrogen) atoms. The number of hydrogen-bond donors (Lipinski definition) is 1. The number of H-pyrrole nitrogens is 1. The van der Waals surface area contributed by atoms with Crippen LogP contribution in [0.4, 0.5) is 0 Å². The Morgan fingerprint density at radius 3 is 2.47 bits per heavy atom. The molecule has 0 spiro atoms. The van der Waals surface area contributed by atoms with Crippen LogP contribution in [0.2, 0.25) is 0 Å². The molecular weight excluding hydrogens is 368 g/mol. The minimum absolute atomic E-state index is 0.239. The van der Waals surface area contributed by atoms with Crippen LogP contribution in [-0.4, -0.2) is 20.6 Å². The van der Waals surface area contributed by atoms with Crippen molar-refractivity contribution in [3.63, 3.8) is 0 Å². The summed E-state index contributed by atoms with van der Waals surface area (Å²) < 4.78 is 0. The standard InChI is InChI=1S/C26H30N4/c1-25(2)12-13-26(3,4)23-15-17(8-11-22(23)25)14-18-6-5-7-19-16-20(9-10-21(18)19)24-27-29-30-28-24/h8-11,14-16H,5-7,12-13H2,1-4H3,(H,27,28,29,30)/b18-14+. The fourth-order valence-corrected chi connectivity index (χ4v) is 5.19. The predicted molar refractivity (Wildman–Crippen MR) is 122 cm³/mol. The van der Waals surface area contributed by atoms with E-state index in [0.717, 1.165) is 18.4 Å². The molecule has 5 rings (SSSR count). The van der Waals surface area contributed by atoms with Crippen LogP contribution in [0.15, 0.2) is 36.4 Å². The van der Waals surface area contributed by atoms with Gasteiger partial charge in [0.2, 0.25) is 5.82 Å². The van der Waals surface area contributed by atoms with Crippen LogP contribution < -0.4 is 0 Å². The van der Waals surface area contributed by atoms with Gasteiger partial charge in [0.1, 0.15) is 0 Å². The van der Waals surface area contributed by atoms with Gasteiger partial charge < -0.3 is 0 Å². The van der Waals surface area contributed by atoms with Crippen molar-refractivity contribution < 1.29 is 0 Å². The molecule has 2 aliphatic carbocycles. The monoisotopic (exact) mass is 398 g/mol. The summed E-state index contributed by atoms with van der Waals surface area (Å²) in [4.78, 5) is 0. The first-order valence-electron chi connectivity index (χ1n) is 11.1. The third-order valence-electron chi connectivity index (χ3n) is 7.16. The van der Waals surface area contributed by atoms with Crippen molar-refractivity contribution in [2.75, 3.05) is 0 Å². The van der Waals surface area contributed by atoms with E-state index < -0.39 is 0 Å². The molecule has 4 heteroatoms. The van der Waals surface area contributed by atoms with Crippen LogP contribution in [0.5, 0.6) is 0 Å². The van der Waals surface area contributed by atoms with E-state index in [1.54, 1.807) is 0 Å². The van der Waals surface area contributed by atoms with Gasteiger partial charge in [-0.1, -0.05) is 64.1 Å². The Labute approximate surface area is 178 Å². The van der Waals surface area contributed by atoms with Gasteiger partial charge in [-0.25, -0.2) is 0 Å². The molecule has 2 aliphatic rings. The van der Waals surface area contributed by atoms with E-state index in [2.05, 4.69) is 90.8 Å². The molecule has 1 heterocycles. The lowest BCUT2D eigenvalue weighted by molar-refractivity contribution is 0.332. The largest absolute Gasteiger partial charge is 0.204 e. The van der Waals surface area contributed by atoms with Gasteiger partial charge in [0.25, 0.3) is 0 Å². The number of benzene rings is 2. The second kappa shape index (κ2) is 6.90. The first-order chi connectivity index (χ1) is 14.3. The Kier molecular flexibility index (Phi) is 4.42. The Bertz CT molecular complexity index is 1120. The van der Waals surface area contributed by atoms with Crippen molar-refractivity contribution in [2.24, 2.45) is 0 Å². The van der Waals surface area contributed by atoms with E-state index in [4.69, 9.17) is 0 Å². The Morgan fingerprint density at radius 2 is 1.70 bits per heavy atom. The van der Waals surface area contributed by atoms with Crippen molar-refractivity contribution >= 4 is 11.6 Å². The molecule has 3 aromatic rings. The zero-order chi connectivity index (χ0) is 20.9. The summed E-state index contributed by atoms with van der Waals surface area (Å²) in [6.45, 7) is 9.57. The molecule has 2 aromatic carbocycles. The summed E-state index contributed by atoms with van der Waals surface area (Å²) in [6, 6.07) is 13.7. The van der Waals surface area contributed by atoms with Gasteiger partial charge in [-0.3, -0.25) is 0 Å². The minimum Gasteiger partial charge on any atom is -0.177 e. The van der Waals surface area contributed by atoms with Gasteiger partial charge in [-0.05, 0) is 87.6 Å². The summed E-state index contributed by atoms with van der Waals surface area (Å²) in [7, 11) is 0. The van der Waals surface area contributed by atoms with Gasteiger partial charge in [0.15, 0.2) is 0 Å². The van der Waals surface area contributed by atoms with E-state index in [1.807, 2.05) is 0 Å². The van der Waals surface area contributed by atoms with Gasteiger partial charge in [0.05, 0.1) is 0 Å². The fraction of sp³-hybridized carbons (Fsp3) is 0.423. The lowest BCUT2D eigenvalue weighted by Gasteiger charge is -2.42. The Morgan fingerprint density at radius 1 is 0.900 bits per heavy atom. The highest BCUT2D eigenvalue weighted by Crippen LogP contribution is 2.46. The third-order valence-corrected chi connectivity index (χ3v) is 7.16. The zero-order valence-corrected chi connectivity index (χ0v) is 18.4. The number of rotatable bonds is 2. The maximum Gasteiger partial charge on any atom is 0.204 e. The SMILES string of the molecule is CC1(C)CCC(C)(C)c2cc(/C=C3\CCCc4cc(-c5nn[nH]n5)ccc43)ccc21. The number of hydrogen-bond acceptors (Lipinski definition) is 3. The lowest BCUT2D eigenvalue weighted by Crippen LogP contribution is -2.33. The molecule has 0 bridgehead atoms. The van der Waals surface area contributed by atoms with Gasteiger partial charge in [-0.15, -0.1) is 10.2 Å². The number of nitrogens with one attached hydrogen (secondary N) is 1. The third kappa shape index (κ3) is 3.28. The van der Waals surface area contributed by atoms with Gasteiger partial charge >= 0.3 is 0 Å². The summed E-state index contributed by atoms with van der Waals surface area (Å²) >= 11 is 0. The molecule has 154 valence electrons. The number of aryl methyl sites for hydroxylation is 1. The first-order valence-corrected chi connectivity index (χ1v) is 11.1. The first kappa shape index (κ1) is 19.2. The number of aromatic nitrogens is 4. The Balaban J connectivity index is 1.54. The number of aromatic amines is 1. The molecule has 0 aliphatic heterocycles. The highest BCUT2D eigenvalue weighted by molar-refractivity contribution is 5.85. The fourth-order valence-electron chi connectivity index (χ4n) is 5.19. The molecule has 0 radical (unpaired) electrons. The van der Waals surface area contributed by atoms with Crippen LogP contribution >= 0.6 is 0 Å². The maximum absolute atomic E-state index is 4.13. The molecule has 4 nitrogen and oxygen atoms in total. The molecule has 0 amide bonds. The summed E-state index contributed by atoms with van der Waals surface area (Å²) in [5.41, 5.74) is 10.1. The van der Waals surface area contributed by atoms with Crippen LogP contribution in [0.25, 0.3) is 23.0 Å². The Hall–Kier alpha value is -2.75. The smallest absolute Gasteiger partial charge is 0.177 e. The average Bonchev–Trinajstić information content (AvgIpc) is 3.26. The van der Waals surface area contributed by atoms with E-state index >= 15 is 0 Å². The average molecular weight is 399 g/mol. The maximum atomic E-state index is 4.13. The lowest BCUT2D eigenvalue weighted by atomic mass is 9.63. The van der Waals surface area contributed by atoms with Crippen LogP contribution in [0, 0.1) is 0 Å². The quantitative estimate of drug-likeness (QED) is 0.568. The molecule has 1 aromatic heterocycles. The van der Waals surface area contributed by atoms with Crippen molar-refractivity contribution in [3.8, 4) is 11.4 Å². The van der Waals surface area contributed by atoms with E-state index in [0.29, 0.717) is 5.82 Å². The number of tetrazole rings is 1. The molecule has 0 unspecified atom stereocenters. The predicted octanol–water partition coefficient (Wildman–Crippen LogP) is 6.09. The van der Waals surface area contributed by atoms with Crippen molar-refractivity contribution in [2.45, 2.75) is 70.6 Å². The topological polar surface area (TPSA) is 54.5 Å². The van der Waals surface area contributed by atoms with E-state index in [1.165, 1.54) is 52.7 Å². The van der Waals surface area contributed by atoms with Crippen LogP contribution in [0.1, 0.15) is 81.2 Å². The van der Waals surface area contributed by atoms with Crippen molar-refractivity contribution in [1.82, 2.24) is 20.6 Å². The van der Waals surface area contributed by atoms with Gasteiger partial charge in [-0.2, -0.15) is 5.21 Å². The normalized spacial score (nSPS) is 20.6. The number of nitrogens with zero attached hydrogens (tertiary/aromatic N) is 3. The van der Waals surface area contributed by atoms with Gasteiger partial charge in [0, 0.05) is 5.56 Å². The van der Waals surface area contributed by atoms with E-state index in [-0.39, 0.29) is 10.8 Å². The van der Waals surface area contributed by atoms with Crippen molar-refractivity contribution in [3.05, 3.63) is 64.2 Å². The van der Waals surface area contributed by atoms with E-state index in [9.17, 15) is 0 Å². The second-order valence-corrected chi connectivity index (χ2v) is 10.2. The molecule has 0 saturated heterocycles.